The van der Waals surface area contributed by atoms with Gasteiger partial charge in [-0.25, -0.2) is 4.98 Å². The average molecular weight is 390 g/mol. The molecule has 0 atom stereocenters. The van der Waals surface area contributed by atoms with Crippen molar-refractivity contribution in [3.05, 3.63) is 69.4 Å². The lowest BCUT2D eigenvalue weighted by Crippen LogP contribution is -2.32. The van der Waals surface area contributed by atoms with Crippen molar-refractivity contribution in [3.8, 4) is 11.8 Å². The molecule has 1 amide bonds. The number of hydrogen-bond donors (Lipinski definition) is 1. The molecule has 1 saturated heterocycles. The van der Waals surface area contributed by atoms with E-state index in [9.17, 15) is 14.9 Å². The van der Waals surface area contributed by atoms with Gasteiger partial charge in [-0.05, 0) is 50.1 Å². The highest BCUT2D eigenvalue weighted by molar-refractivity contribution is 5.88. The van der Waals surface area contributed by atoms with Crippen molar-refractivity contribution in [2.75, 3.05) is 23.3 Å². The van der Waals surface area contributed by atoms with Crippen molar-refractivity contribution < 1.29 is 9.72 Å². The lowest BCUT2D eigenvalue weighted by Gasteiger charge is -2.28. The fourth-order valence-electron chi connectivity index (χ4n) is 3.16. The molecule has 7 nitrogen and oxygen atoms in total. The van der Waals surface area contributed by atoms with Crippen molar-refractivity contribution in [1.82, 2.24) is 4.98 Å². The number of carbonyl (C=O) groups is 1. The number of hydrogen-bond acceptors (Lipinski definition) is 5. The Morgan fingerprint density at radius 2 is 2.03 bits per heavy atom. The van der Waals surface area contributed by atoms with Gasteiger partial charge in [0, 0.05) is 43.0 Å². The van der Waals surface area contributed by atoms with Crippen molar-refractivity contribution in [2.24, 2.45) is 0 Å². The van der Waals surface area contributed by atoms with E-state index in [4.69, 9.17) is 0 Å². The van der Waals surface area contributed by atoms with Gasteiger partial charge in [-0.15, -0.1) is 0 Å². The minimum Gasteiger partial charge on any atom is -0.350 e. The summed E-state index contributed by atoms with van der Waals surface area (Å²) in [5.74, 6) is 6.49. The predicted molar refractivity (Wildman–Crippen MR) is 113 cm³/mol. The largest absolute Gasteiger partial charge is 0.350 e. The molecule has 0 aliphatic carbocycles. The third kappa shape index (κ3) is 5.42. The summed E-state index contributed by atoms with van der Waals surface area (Å²) < 4.78 is 0. The van der Waals surface area contributed by atoms with Crippen LogP contribution < -0.4 is 10.2 Å². The molecule has 1 aliphatic rings. The Labute approximate surface area is 169 Å². The van der Waals surface area contributed by atoms with Gasteiger partial charge in [-0.2, -0.15) is 0 Å². The number of amides is 1. The summed E-state index contributed by atoms with van der Waals surface area (Å²) in [6.07, 6.45) is 3.49. The minimum absolute atomic E-state index is 0.0434. The van der Waals surface area contributed by atoms with E-state index in [1.807, 2.05) is 42.2 Å². The van der Waals surface area contributed by atoms with Gasteiger partial charge in [0.05, 0.1) is 4.92 Å². The van der Waals surface area contributed by atoms with E-state index in [1.165, 1.54) is 18.6 Å². The van der Waals surface area contributed by atoms with Crippen LogP contribution in [0.5, 0.6) is 0 Å². The van der Waals surface area contributed by atoms with Crippen molar-refractivity contribution in [1.29, 1.82) is 0 Å². The molecule has 1 N–H and O–H groups in total. The monoisotopic (exact) mass is 390 g/mol. The number of carbonyl (C=O) groups excluding carboxylic acids is 1. The van der Waals surface area contributed by atoms with Crippen molar-refractivity contribution in [3.63, 3.8) is 0 Å². The Morgan fingerprint density at radius 1 is 1.28 bits per heavy atom. The first kappa shape index (κ1) is 20.1. The molecule has 1 aliphatic heterocycles. The molecular formula is C22H22N4O3. The Bertz CT molecular complexity index is 1020. The number of anilines is 2. The number of nitrogens with zero attached hydrogens (tertiary/aromatic N) is 3. The standard InChI is InChI=1S/C22H22N4O3/c1-16-9-10-21(26(28)29)22(23-16)25-13-11-18(12-14-25)5-3-6-19-7-4-8-20(15-19)24-17(2)27/h4-5,7-10,15H,11-14H2,1-2H3,(H,24,27). The molecule has 0 spiro atoms. The normalized spacial score (nSPS) is 13.3. The molecule has 1 aromatic heterocycles. The molecule has 0 saturated carbocycles. The summed E-state index contributed by atoms with van der Waals surface area (Å²) in [7, 11) is 0. The summed E-state index contributed by atoms with van der Waals surface area (Å²) in [5.41, 5.74) is 3.56. The molecule has 2 aromatic rings. The highest BCUT2D eigenvalue weighted by Crippen LogP contribution is 2.29. The molecule has 1 aromatic carbocycles. The molecule has 0 bridgehead atoms. The maximum Gasteiger partial charge on any atom is 0.311 e. The summed E-state index contributed by atoms with van der Waals surface area (Å²) >= 11 is 0. The number of aryl methyl sites for hydroxylation is 1. The summed E-state index contributed by atoms with van der Waals surface area (Å²) in [6, 6.07) is 10.6. The summed E-state index contributed by atoms with van der Waals surface area (Å²) in [5, 5.41) is 14.0. The number of nitro groups is 1. The van der Waals surface area contributed by atoms with Crippen LogP contribution in [-0.2, 0) is 4.79 Å². The van der Waals surface area contributed by atoms with Crippen LogP contribution in [-0.4, -0.2) is 28.9 Å². The van der Waals surface area contributed by atoms with E-state index < -0.39 is 0 Å². The van der Waals surface area contributed by atoms with Gasteiger partial charge in [-0.3, -0.25) is 14.9 Å². The molecule has 148 valence electrons. The van der Waals surface area contributed by atoms with Gasteiger partial charge in [0.15, 0.2) is 0 Å². The SMILES string of the molecule is CC(=O)Nc1cccc(C#CC=C2CCN(c3nc(C)ccc3[N+](=O)[O-])CC2)c1. The molecule has 2 heterocycles. The van der Waals surface area contributed by atoms with Gasteiger partial charge < -0.3 is 10.2 Å². The molecule has 0 radical (unpaired) electrons. The lowest BCUT2D eigenvalue weighted by atomic mass is 10.0. The van der Waals surface area contributed by atoms with E-state index in [-0.39, 0.29) is 16.5 Å². The fourth-order valence-corrected chi connectivity index (χ4v) is 3.16. The molecule has 0 unspecified atom stereocenters. The average Bonchev–Trinajstić information content (AvgIpc) is 2.68. The Kier molecular flexibility index (Phi) is 6.25. The van der Waals surface area contributed by atoms with Gasteiger partial charge >= 0.3 is 5.69 Å². The van der Waals surface area contributed by atoms with E-state index in [2.05, 4.69) is 22.1 Å². The predicted octanol–water partition coefficient (Wildman–Crippen LogP) is 3.83. The van der Waals surface area contributed by atoms with Crippen LogP contribution in [0.25, 0.3) is 0 Å². The first-order chi connectivity index (χ1) is 13.9. The van der Waals surface area contributed by atoms with Gasteiger partial charge in [-0.1, -0.05) is 23.5 Å². The van der Waals surface area contributed by atoms with Crippen LogP contribution >= 0.6 is 0 Å². The summed E-state index contributed by atoms with van der Waals surface area (Å²) in [4.78, 5) is 28.4. The number of allylic oxidation sites excluding steroid dienone is 1. The number of benzene rings is 1. The first-order valence-corrected chi connectivity index (χ1v) is 9.36. The quantitative estimate of drug-likeness (QED) is 0.489. The second-order valence-electron chi connectivity index (χ2n) is 6.87. The number of nitrogens with one attached hydrogen (secondary N) is 1. The topological polar surface area (TPSA) is 88.4 Å². The zero-order valence-electron chi connectivity index (χ0n) is 16.4. The fraction of sp³-hybridized carbons (Fsp3) is 0.273. The molecule has 3 rings (SSSR count). The zero-order valence-corrected chi connectivity index (χ0v) is 16.4. The summed E-state index contributed by atoms with van der Waals surface area (Å²) in [6.45, 7) is 4.64. The zero-order chi connectivity index (χ0) is 20.8. The van der Waals surface area contributed by atoms with Crippen LogP contribution in [0.1, 0.15) is 31.0 Å². The Hall–Kier alpha value is -3.66. The highest BCUT2D eigenvalue weighted by Gasteiger charge is 2.23. The Balaban J connectivity index is 1.66. The van der Waals surface area contributed by atoms with Crippen LogP contribution in [0.3, 0.4) is 0 Å². The maximum atomic E-state index is 11.3. The molecule has 1 fully saturated rings. The second kappa shape index (κ2) is 9.02. The van der Waals surface area contributed by atoms with Crippen LogP contribution in [0.2, 0.25) is 0 Å². The van der Waals surface area contributed by atoms with Gasteiger partial charge in [0.2, 0.25) is 11.7 Å². The lowest BCUT2D eigenvalue weighted by molar-refractivity contribution is -0.384. The van der Waals surface area contributed by atoms with Gasteiger partial charge in [0.1, 0.15) is 0 Å². The number of pyridine rings is 1. The third-order valence-corrected chi connectivity index (χ3v) is 4.57. The number of rotatable bonds is 3. The van der Waals surface area contributed by atoms with E-state index >= 15 is 0 Å². The smallest absolute Gasteiger partial charge is 0.311 e. The molecule has 29 heavy (non-hydrogen) atoms. The van der Waals surface area contributed by atoms with E-state index in [0.29, 0.717) is 18.9 Å². The number of piperidine rings is 1. The van der Waals surface area contributed by atoms with Crippen LogP contribution in [0.15, 0.2) is 48.0 Å². The van der Waals surface area contributed by atoms with Crippen LogP contribution in [0, 0.1) is 28.9 Å². The van der Waals surface area contributed by atoms with Crippen molar-refractivity contribution in [2.45, 2.75) is 26.7 Å². The highest BCUT2D eigenvalue weighted by atomic mass is 16.6. The second-order valence-corrected chi connectivity index (χ2v) is 6.87. The van der Waals surface area contributed by atoms with Crippen molar-refractivity contribution >= 4 is 23.1 Å². The van der Waals surface area contributed by atoms with Gasteiger partial charge in [0.25, 0.3) is 0 Å². The third-order valence-electron chi connectivity index (χ3n) is 4.57. The Morgan fingerprint density at radius 3 is 2.72 bits per heavy atom. The number of aromatic nitrogens is 1. The molecule has 7 heteroatoms. The minimum atomic E-state index is -0.381. The first-order valence-electron chi connectivity index (χ1n) is 9.36. The maximum absolute atomic E-state index is 11.3. The van der Waals surface area contributed by atoms with Crippen LogP contribution in [0.4, 0.5) is 17.2 Å². The van der Waals surface area contributed by atoms with E-state index in [0.717, 1.165) is 29.8 Å². The molecular weight excluding hydrogens is 368 g/mol. The van der Waals surface area contributed by atoms with E-state index in [1.54, 1.807) is 6.07 Å².